The van der Waals surface area contributed by atoms with Gasteiger partial charge in [-0.1, -0.05) is 37.2 Å². The quantitative estimate of drug-likeness (QED) is 0.487. The molecule has 1 fully saturated rings. The fourth-order valence-corrected chi connectivity index (χ4v) is 5.24. The van der Waals surface area contributed by atoms with Crippen LogP contribution in [0.15, 0.2) is 53.1 Å². The number of amides is 3. The predicted octanol–water partition coefficient (Wildman–Crippen LogP) is 3.92. The number of likely N-dealkylation sites (N-methyl/N-ethyl adjacent to an activating group) is 1. The molecule has 2 aromatic carbocycles. The lowest BCUT2D eigenvalue weighted by Crippen LogP contribution is -2.57. The minimum atomic E-state index is -0.502. The molecule has 0 aliphatic carbocycles. The highest BCUT2D eigenvalue weighted by Crippen LogP contribution is 2.33. The third kappa shape index (κ3) is 7.34. The number of carbonyl (C=O) groups excluding carboxylic acids is 3. The fourth-order valence-electron chi connectivity index (χ4n) is 5.24. The molecule has 1 aromatic heterocycles. The number of rotatable bonds is 3. The van der Waals surface area contributed by atoms with Crippen LogP contribution in [0, 0.1) is 0 Å². The molecule has 1 N–H and O–H groups in total. The summed E-state index contributed by atoms with van der Waals surface area (Å²) in [4.78, 5) is 42.3. The molecule has 3 aliphatic heterocycles. The van der Waals surface area contributed by atoms with Crippen LogP contribution in [0.25, 0.3) is 0 Å². The number of piperidine rings is 1. The minimum Gasteiger partial charge on any atom is -0.493 e. The summed E-state index contributed by atoms with van der Waals surface area (Å²) >= 11 is 0. The number of nitrogens with zero attached hydrogens (tertiary/aromatic N) is 3. The number of likely N-dealkylation sites (tertiary alicyclic amines) is 1. The van der Waals surface area contributed by atoms with Crippen LogP contribution in [0.4, 0.5) is 0 Å². The van der Waals surface area contributed by atoms with Gasteiger partial charge in [-0.25, -0.2) is 0 Å². The Morgan fingerprint density at radius 2 is 1.93 bits per heavy atom. The van der Waals surface area contributed by atoms with Crippen molar-refractivity contribution in [1.82, 2.24) is 20.3 Å². The van der Waals surface area contributed by atoms with Crippen molar-refractivity contribution in [2.24, 2.45) is 0 Å². The monoisotopic (exact) mass is 590 g/mol. The number of aromatic nitrogens is 1. The standard InChI is InChI=1S/C32H38N4O7/c1-20(2)27-16-25(34-43-27)32(39)36-13-12-24-29(17-36)41-19-22-6-5-7-23(14-22)42-26-10-8-21(15-28(26)40-4)9-11-31(38)35(3)18-30(37)33-24/h5-8,10,14-16,20,24,29H,9,11-13,17-19H2,1-4H3,(H,33,37)/t24-,29-/m0/s1. The molecule has 11 heteroatoms. The van der Waals surface area contributed by atoms with Gasteiger partial charge in [0.2, 0.25) is 11.8 Å². The predicted molar refractivity (Wildman–Crippen MR) is 157 cm³/mol. The van der Waals surface area contributed by atoms with Crippen molar-refractivity contribution in [3.05, 3.63) is 71.1 Å². The smallest absolute Gasteiger partial charge is 0.276 e. The normalized spacial score (nSPS) is 20.0. The van der Waals surface area contributed by atoms with Crippen LogP contribution >= 0.6 is 0 Å². The Bertz CT molecular complexity index is 1470. The summed E-state index contributed by atoms with van der Waals surface area (Å²) < 4.78 is 23.4. The van der Waals surface area contributed by atoms with Gasteiger partial charge >= 0.3 is 0 Å². The molecule has 0 unspecified atom stereocenters. The van der Waals surface area contributed by atoms with E-state index in [1.54, 1.807) is 25.1 Å². The first-order valence-electron chi connectivity index (χ1n) is 14.5. The summed E-state index contributed by atoms with van der Waals surface area (Å²) in [6.07, 6.45) is 0.704. The third-order valence-corrected chi connectivity index (χ3v) is 7.76. The van der Waals surface area contributed by atoms with Crippen molar-refractivity contribution in [3.8, 4) is 17.2 Å². The van der Waals surface area contributed by atoms with E-state index in [0.717, 1.165) is 11.1 Å². The fraction of sp³-hybridized carbons (Fsp3) is 0.438. The van der Waals surface area contributed by atoms with Crippen LogP contribution in [0.1, 0.15) is 60.0 Å². The summed E-state index contributed by atoms with van der Waals surface area (Å²) in [6, 6.07) is 14.4. The maximum atomic E-state index is 13.3. The number of carbonyl (C=O) groups is 3. The Hall–Kier alpha value is -4.38. The maximum Gasteiger partial charge on any atom is 0.276 e. The second kappa shape index (κ2) is 13.3. The van der Waals surface area contributed by atoms with Crippen LogP contribution in [-0.2, 0) is 27.4 Å². The van der Waals surface area contributed by atoms with Gasteiger partial charge in [0.15, 0.2) is 17.2 Å². The maximum absolute atomic E-state index is 13.3. The van der Waals surface area contributed by atoms with Crippen molar-refractivity contribution >= 4 is 17.7 Å². The minimum absolute atomic E-state index is 0.0836. The molecule has 1 saturated heterocycles. The van der Waals surface area contributed by atoms with Crippen LogP contribution in [0.3, 0.4) is 0 Å². The Morgan fingerprint density at radius 1 is 1.09 bits per heavy atom. The Labute approximate surface area is 251 Å². The second-order valence-electron chi connectivity index (χ2n) is 11.3. The first-order chi connectivity index (χ1) is 20.7. The van der Waals surface area contributed by atoms with Crippen LogP contribution in [-0.4, -0.2) is 78.6 Å². The number of ether oxygens (including phenoxy) is 3. The zero-order chi connectivity index (χ0) is 30.5. The first kappa shape index (κ1) is 30.1. The largest absolute Gasteiger partial charge is 0.493 e. The number of hydrogen-bond acceptors (Lipinski definition) is 8. The SMILES string of the molecule is COc1cc2ccc1Oc1cccc(c1)CO[C@H]1CN(C(=O)c3cc(C(C)C)on3)CC[C@@H]1NC(=O)CN(C)C(=O)CC2. The molecule has 3 aliphatic rings. The number of methoxy groups -OCH3 is 1. The summed E-state index contributed by atoms with van der Waals surface area (Å²) in [5, 5.41) is 7.03. The van der Waals surface area contributed by atoms with Crippen molar-refractivity contribution < 1.29 is 33.1 Å². The van der Waals surface area contributed by atoms with E-state index in [9.17, 15) is 14.4 Å². The molecule has 3 amide bonds. The van der Waals surface area contributed by atoms with E-state index in [4.69, 9.17) is 18.7 Å². The van der Waals surface area contributed by atoms with Crippen LogP contribution < -0.4 is 14.8 Å². The molecule has 4 heterocycles. The molecule has 0 saturated carbocycles. The van der Waals surface area contributed by atoms with Gasteiger partial charge < -0.3 is 33.9 Å². The van der Waals surface area contributed by atoms with E-state index < -0.39 is 6.10 Å². The Morgan fingerprint density at radius 3 is 2.70 bits per heavy atom. The van der Waals surface area contributed by atoms with E-state index in [1.165, 1.54) is 4.90 Å². The molecule has 6 rings (SSSR count). The molecule has 0 radical (unpaired) electrons. The van der Waals surface area contributed by atoms with Crippen molar-refractivity contribution in [1.29, 1.82) is 0 Å². The average Bonchev–Trinajstić information content (AvgIpc) is 3.50. The second-order valence-corrected chi connectivity index (χ2v) is 11.3. The number of aryl methyl sites for hydroxylation is 1. The summed E-state index contributed by atoms with van der Waals surface area (Å²) in [7, 11) is 3.19. The molecule has 3 aromatic rings. The van der Waals surface area contributed by atoms with Crippen molar-refractivity contribution in [2.75, 3.05) is 33.8 Å². The molecule has 0 spiro atoms. The van der Waals surface area contributed by atoms with Crippen molar-refractivity contribution in [3.63, 3.8) is 0 Å². The molecular weight excluding hydrogens is 552 g/mol. The number of benzene rings is 2. The summed E-state index contributed by atoms with van der Waals surface area (Å²) in [5.74, 6) is 1.78. The highest BCUT2D eigenvalue weighted by atomic mass is 16.5. The van der Waals surface area contributed by atoms with E-state index >= 15 is 0 Å². The van der Waals surface area contributed by atoms with E-state index in [2.05, 4.69) is 10.5 Å². The van der Waals surface area contributed by atoms with Crippen LogP contribution in [0.2, 0.25) is 0 Å². The van der Waals surface area contributed by atoms with Gasteiger partial charge in [-0.2, -0.15) is 0 Å². The number of fused-ring (bicyclic) bond motifs is 9. The molecule has 228 valence electrons. The van der Waals surface area contributed by atoms with Gasteiger partial charge in [0.25, 0.3) is 5.91 Å². The zero-order valence-corrected chi connectivity index (χ0v) is 25.0. The lowest BCUT2D eigenvalue weighted by molar-refractivity contribution is -0.135. The van der Waals surface area contributed by atoms with Crippen LogP contribution in [0.5, 0.6) is 17.2 Å². The molecular formula is C32H38N4O7. The van der Waals surface area contributed by atoms with Gasteiger partial charge in [0.1, 0.15) is 11.5 Å². The third-order valence-electron chi connectivity index (χ3n) is 7.76. The van der Waals surface area contributed by atoms with Crippen molar-refractivity contribution in [2.45, 2.75) is 57.8 Å². The summed E-state index contributed by atoms with van der Waals surface area (Å²) in [6.45, 7) is 4.74. The van der Waals surface area contributed by atoms with E-state index in [0.29, 0.717) is 42.4 Å². The lowest BCUT2D eigenvalue weighted by atomic mass is 10.0. The molecule has 43 heavy (non-hydrogen) atoms. The first-order valence-corrected chi connectivity index (χ1v) is 14.5. The van der Waals surface area contributed by atoms with E-state index in [1.807, 2.05) is 56.3 Å². The Kier molecular flexibility index (Phi) is 9.30. The molecule has 2 atom stereocenters. The topological polar surface area (TPSA) is 123 Å². The molecule has 4 bridgehead atoms. The highest BCUT2D eigenvalue weighted by Gasteiger charge is 2.35. The van der Waals surface area contributed by atoms with E-state index in [-0.39, 0.29) is 61.5 Å². The number of hydrogen-bond donors (Lipinski definition) is 1. The van der Waals surface area contributed by atoms with Gasteiger partial charge in [-0.15, -0.1) is 0 Å². The summed E-state index contributed by atoms with van der Waals surface area (Å²) in [5.41, 5.74) is 2.03. The van der Waals surface area contributed by atoms with Gasteiger partial charge in [0, 0.05) is 38.5 Å². The number of nitrogens with one attached hydrogen (secondary N) is 1. The van der Waals surface area contributed by atoms with Gasteiger partial charge in [-0.3, -0.25) is 14.4 Å². The highest BCUT2D eigenvalue weighted by molar-refractivity contribution is 5.92. The van der Waals surface area contributed by atoms with Gasteiger partial charge in [-0.05, 0) is 48.2 Å². The average molecular weight is 591 g/mol. The molecule has 11 nitrogen and oxygen atoms in total. The Balaban J connectivity index is 1.39. The van der Waals surface area contributed by atoms with Gasteiger partial charge in [0.05, 0.1) is 32.4 Å². The zero-order valence-electron chi connectivity index (χ0n) is 25.0. The lowest BCUT2D eigenvalue weighted by Gasteiger charge is -2.38.